The van der Waals surface area contributed by atoms with Crippen LogP contribution in [0.25, 0.3) is 0 Å². The monoisotopic (exact) mass is 343 g/mol. The lowest BCUT2D eigenvalue weighted by molar-refractivity contribution is 0.423. The fourth-order valence-electron chi connectivity index (χ4n) is 2.03. The summed E-state index contributed by atoms with van der Waals surface area (Å²) in [4.78, 5) is 24.3. The van der Waals surface area contributed by atoms with Crippen molar-refractivity contribution in [3.05, 3.63) is 49.4 Å². The lowest BCUT2D eigenvalue weighted by Gasteiger charge is -2.20. The minimum atomic E-state index is -3.97. The summed E-state index contributed by atoms with van der Waals surface area (Å²) in [6.07, 6.45) is 1.08. The van der Waals surface area contributed by atoms with Crippen molar-refractivity contribution >= 4 is 21.4 Å². The van der Waals surface area contributed by atoms with E-state index in [-0.39, 0.29) is 13.1 Å². The van der Waals surface area contributed by atoms with Crippen molar-refractivity contribution in [1.82, 2.24) is 13.4 Å². The third kappa shape index (κ3) is 2.92. The van der Waals surface area contributed by atoms with E-state index >= 15 is 0 Å². The molecule has 0 fully saturated rings. The zero-order valence-corrected chi connectivity index (χ0v) is 14.1. The van der Waals surface area contributed by atoms with Gasteiger partial charge in [0.05, 0.1) is 0 Å². The number of hydrogen-bond donors (Lipinski definition) is 0. The van der Waals surface area contributed by atoms with Crippen molar-refractivity contribution < 1.29 is 8.42 Å². The van der Waals surface area contributed by atoms with Crippen molar-refractivity contribution in [1.29, 1.82) is 0 Å². The summed E-state index contributed by atoms with van der Waals surface area (Å²) in [7, 11) is -1.30. The van der Waals surface area contributed by atoms with Crippen molar-refractivity contribution in [2.45, 2.75) is 18.4 Å². The summed E-state index contributed by atoms with van der Waals surface area (Å²) in [5.41, 5.74) is -1.38. The van der Waals surface area contributed by atoms with Crippen LogP contribution < -0.4 is 11.2 Å². The zero-order valence-electron chi connectivity index (χ0n) is 12.5. The highest BCUT2D eigenvalue weighted by Crippen LogP contribution is 2.17. The Balaban J connectivity index is 2.54. The maximum Gasteiger partial charge on any atom is 0.330 e. The Bertz CT molecular complexity index is 879. The molecule has 0 radical (unpaired) electrons. The zero-order chi connectivity index (χ0) is 16.5. The Labute approximate surface area is 132 Å². The smallest absolute Gasteiger partial charge is 0.302 e. The lowest BCUT2D eigenvalue weighted by atomic mass is 10.4. The van der Waals surface area contributed by atoms with Gasteiger partial charge in [-0.2, -0.15) is 4.31 Å². The fourth-order valence-corrected chi connectivity index (χ4v) is 4.41. The Morgan fingerprint density at radius 2 is 1.95 bits per heavy atom. The molecule has 0 atom stereocenters. The first-order valence-corrected chi connectivity index (χ1v) is 8.90. The van der Waals surface area contributed by atoms with Gasteiger partial charge < -0.3 is 4.57 Å². The van der Waals surface area contributed by atoms with Crippen LogP contribution in [0.3, 0.4) is 0 Å². The molecule has 7 nitrogen and oxygen atoms in total. The molecule has 0 bridgehead atoms. The van der Waals surface area contributed by atoms with Crippen LogP contribution in [0.2, 0.25) is 0 Å². The van der Waals surface area contributed by atoms with Crippen LogP contribution in [0.5, 0.6) is 0 Å². The molecule has 2 aromatic heterocycles. The third-order valence-corrected chi connectivity index (χ3v) is 6.06. The lowest BCUT2D eigenvalue weighted by Crippen LogP contribution is -2.42. The average Bonchev–Trinajstić information content (AvgIpc) is 2.99. The van der Waals surface area contributed by atoms with Gasteiger partial charge in [-0.15, -0.1) is 11.3 Å². The molecule has 0 aliphatic carbocycles. The van der Waals surface area contributed by atoms with E-state index in [9.17, 15) is 18.0 Å². The summed E-state index contributed by atoms with van der Waals surface area (Å²) in [5.74, 6) is 0. The molecular weight excluding hydrogens is 326 g/mol. The van der Waals surface area contributed by atoms with Gasteiger partial charge in [0.15, 0.2) is 4.90 Å². The second-order valence-electron chi connectivity index (χ2n) is 4.76. The topological polar surface area (TPSA) is 81.4 Å². The molecule has 0 aliphatic rings. The van der Waals surface area contributed by atoms with E-state index in [1.165, 1.54) is 29.7 Å². The van der Waals surface area contributed by atoms with Gasteiger partial charge in [0, 0.05) is 38.3 Å². The van der Waals surface area contributed by atoms with Gasteiger partial charge in [0.1, 0.15) is 0 Å². The largest absolute Gasteiger partial charge is 0.330 e. The van der Waals surface area contributed by atoms with Crippen LogP contribution in [0.1, 0.15) is 11.8 Å². The number of nitrogens with zero attached hydrogens (tertiary/aromatic N) is 3. The van der Waals surface area contributed by atoms with E-state index in [1.54, 1.807) is 6.92 Å². The number of aryl methyl sites for hydroxylation is 1. The normalized spacial score (nSPS) is 12.0. The number of sulfonamides is 1. The van der Waals surface area contributed by atoms with Crippen molar-refractivity contribution in [2.24, 2.45) is 14.1 Å². The van der Waals surface area contributed by atoms with Crippen LogP contribution in [0.15, 0.2) is 38.2 Å². The van der Waals surface area contributed by atoms with Gasteiger partial charge in [0.2, 0.25) is 10.0 Å². The molecule has 0 unspecified atom stereocenters. The van der Waals surface area contributed by atoms with Gasteiger partial charge >= 0.3 is 5.69 Å². The van der Waals surface area contributed by atoms with E-state index in [4.69, 9.17) is 0 Å². The Kier molecular flexibility index (Phi) is 4.69. The van der Waals surface area contributed by atoms with Crippen molar-refractivity contribution in [2.75, 3.05) is 6.54 Å². The minimum Gasteiger partial charge on any atom is -0.302 e. The Morgan fingerprint density at radius 1 is 1.27 bits per heavy atom. The van der Waals surface area contributed by atoms with E-state index in [1.807, 2.05) is 17.5 Å². The average molecular weight is 343 g/mol. The summed E-state index contributed by atoms with van der Waals surface area (Å²) in [5, 5.41) is 1.86. The maximum atomic E-state index is 12.7. The molecule has 0 aliphatic heterocycles. The standard InChI is InChI=1S/C13H17N3O4S2/c1-4-16(8-10-6-5-7-21-10)22(19,20)11-9-14(2)13(18)15(3)12(11)17/h5-7,9H,4,8H2,1-3H3. The predicted octanol–water partition coefficient (Wildman–Crippen LogP) is 0.356. The number of thiophene rings is 1. The minimum absolute atomic E-state index is 0.197. The van der Waals surface area contributed by atoms with E-state index in [0.29, 0.717) is 0 Å². The number of hydrogen-bond acceptors (Lipinski definition) is 5. The first-order valence-electron chi connectivity index (χ1n) is 6.58. The first-order chi connectivity index (χ1) is 10.3. The molecule has 2 heterocycles. The fraction of sp³-hybridized carbons (Fsp3) is 0.385. The summed E-state index contributed by atoms with van der Waals surface area (Å²) in [6.45, 7) is 2.13. The molecule has 0 aromatic carbocycles. The van der Waals surface area contributed by atoms with Gasteiger partial charge in [-0.1, -0.05) is 13.0 Å². The van der Waals surface area contributed by atoms with Crippen molar-refractivity contribution in [3.8, 4) is 0 Å². The molecule has 0 saturated carbocycles. The molecule has 0 amide bonds. The summed E-state index contributed by atoms with van der Waals surface area (Å²) >= 11 is 1.45. The SMILES string of the molecule is CCN(Cc1cccs1)S(=O)(=O)c1cn(C)c(=O)n(C)c1=O. The highest BCUT2D eigenvalue weighted by atomic mass is 32.2. The highest BCUT2D eigenvalue weighted by molar-refractivity contribution is 7.89. The van der Waals surface area contributed by atoms with E-state index in [2.05, 4.69) is 0 Å². The van der Waals surface area contributed by atoms with Gasteiger partial charge in [0.25, 0.3) is 5.56 Å². The van der Waals surface area contributed by atoms with E-state index < -0.39 is 26.2 Å². The number of rotatable bonds is 5. The second kappa shape index (κ2) is 6.19. The van der Waals surface area contributed by atoms with Crippen LogP contribution in [0, 0.1) is 0 Å². The summed E-state index contributed by atoms with van der Waals surface area (Å²) in [6, 6.07) is 3.67. The molecule has 2 rings (SSSR count). The van der Waals surface area contributed by atoms with Gasteiger partial charge in [-0.25, -0.2) is 13.2 Å². The second-order valence-corrected chi connectivity index (χ2v) is 7.70. The molecule has 9 heteroatoms. The maximum absolute atomic E-state index is 12.7. The van der Waals surface area contributed by atoms with Crippen molar-refractivity contribution in [3.63, 3.8) is 0 Å². The van der Waals surface area contributed by atoms with Gasteiger partial charge in [-0.3, -0.25) is 9.36 Å². The molecule has 120 valence electrons. The Morgan fingerprint density at radius 3 is 2.50 bits per heavy atom. The van der Waals surface area contributed by atoms with E-state index in [0.717, 1.165) is 20.2 Å². The quantitative estimate of drug-likeness (QED) is 0.785. The van der Waals surface area contributed by atoms with Crippen LogP contribution in [-0.4, -0.2) is 28.4 Å². The van der Waals surface area contributed by atoms with Crippen LogP contribution in [0.4, 0.5) is 0 Å². The van der Waals surface area contributed by atoms with Gasteiger partial charge in [-0.05, 0) is 11.4 Å². The highest BCUT2D eigenvalue weighted by Gasteiger charge is 2.28. The molecule has 0 saturated heterocycles. The Hall–Kier alpha value is -1.71. The third-order valence-electron chi connectivity index (χ3n) is 3.30. The molecular formula is C13H17N3O4S2. The summed E-state index contributed by atoms with van der Waals surface area (Å²) < 4.78 is 28.6. The van der Waals surface area contributed by atoms with Crippen LogP contribution >= 0.6 is 11.3 Å². The molecule has 2 aromatic rings. The predicted molar refractivity (Wildman–Crippen MR) is 84.5 cm³/mol. The first kappa shape index (κ1) is 16.7. The molecule has 0 N–H and O–H groups in total. The molecule has 0 spiro atoms. The molecule has 22 heavy (non-hydrogen) atoms. The number of aromatic nitrogens is 2. The van der Waals surface area contributed by atoms with Crippen LogP contribution in [-0.2, 0) is 30.7 Å².